The average Bonchev–Trinajstić information content (AvgIpc) is 2.73. The summed E-state index contributed by atoms with van der Waals surface area (Å²) >= 11 is 0. The number of urea groups is 1. The maximum absolute atomic E-state index is 11.7. The van der Waals surface area contributed by atoms with Crippen molar-refractivity contribution in [3.8, 4) is 0 Å². The van der Waals surface area contributed by atoms with E-state index in [1.54, 1.807) is 6.92 Å². The van der Waals surface area contributed by atoms with Crippen LogP contribution in [0.1, 0.15) is 25.0 Å². The Bertz CT molecular complexity index is 434. The van der Waals surface area contributed by atoms with Crippen LogP contribution in [0.25, 0.3) is 0 Å². The summed E-state index contributed by atoms with van der Waals surface area (Å²) in [7, 11) is 0. The average molecular weight is 262 g/mol. The van der Waals surface area contributed by atoms with Crippen molar-refractivity contribution < 1.29 is 9.90 Å². The molecule has 0 spiro atoms. The molecule has 19 heavy (non-hydrogen) atoms. The van der Waals surface area contributed by atoms with E-state index in [0.29, 0.717) is 6.54 Å². The molecule has 2 amide bonds. The topological polar surface area (TPSA) is 61.4 Å². The van der Waals surface area contributed by atoms with Crippen molar-refractivity contribution in [1.29, 1.82) is 0 Å². The lowest BCUT2D eigenvalue weighted by Crippen LogP contribution is -2.46. The summed E-state index contributed by atoms with van der Waals surface area (Å²) in [4.78, 5) is 11.7. The molecule has 0 aliphatic heterocycles. The second-order valence-corrected chi connectivity index (χ2v) is 5.84. The zero-order chi connectivity index (χ0) is 13.9. The number of amides is 2. The van der Waals surface area contributed by atoms with Gasteiger partial charge >= 0.3 is 6.03 Å². The predicted molar refractivity (Wildman–Crippen MR) is 75.0 cm³/mol. The van der Waals surface area contributed by atoms with Gasteiger partial charge in [0.25, 0.3) is 0 Å². The molecule has 1 aromatic carbocycles. The van der Waals surface area contributed by atoms with E-state index in [0.717, 1.165) is 12.8 Å². The minimum Gasteiger partial charge on any atom is -0.394 e. The van der Waals surface area contributed by atoms with Gasteiger partial charge in [-0.05, 0) is 36.3 Å². The molecular formula is C15H22N2O2. The SMILES string of the molecule is C[C@@H](CO)NC(=O)NCC1(C)Cc2ccccc2C1. The third-order valence-corrected chi connectivity index (χ3v) is 3.68. The number of benzene rings is 1. The number of aliphatic hydroxyl groups excluding tert-OH is 1. The van der Waals surface area contributed by atoms with E-state index in [9.17, 15) is 4.79 Å². The van der Waals surface area contributed by atoms with Gasteiger partial charge in [-0.15, -0.1) is 0 Å². The van der Waals surface area contributed by atoms with Gasteiger partial charge in [0.2, 0.25) is 0 Å². The fraction of sp³-hybridized carbons (Fsp3) is 0.533. The summed E-state index contributed by atoms with van der Waals surface area (Å²) < 4.78 is 0. The summed E-state index contributed by atoms with van der Waals surface area (Å²) in [6.07, 6.45) is 2.00. The van der Waals surface area contributed by atoms with Gasteiger partial charge in [-0.2, -0.15) is 0 Å². The first-order chi connectivity index (χ1) is 9.02. The Kier molecular flexibility index (Phi) is 4.10. The Balaban J connectivity index is 1.86. The summed E-state index contributed by atoms with van der Waals surface area (Å²) in [6, 6.07) is 8.02. The molecule has 0 radical (unpaired) electrons. The molecule has 104 valence electrons. The van der Waals surface area contributed by atoms with Crippen LogP contribution in [0.5, 0.6) is 0 Å². The second kappa shape index (κ2) is 5.61. The molecule has 1 aliphatic carbocycles. The van der Waals surface area contributed by atoms with Crippen molar-refractivity contribution in [1.82, 2.24) is 10.6 Å². The van der Waals surface area contributed by atoms with Gasteiger partial charge in [-0.1, -0.05) is 31.2 Å². The molecule has 0 aromatic heterocycles. The van der Waals surface area contributed by atoms with E-state index in [4.69, 9.17) is 5.11 Å². The molecule has 0 saturated heterocycles. The largest absolute Gasteiger partial charge is 0.394 e. The molecule has 0 unspecified atom stereocenters. The first-order valence-electron chi connectivity index (χ1n) is 6.74. The van der Waals surface area contributed by atoms with Crippen molar-refractivity contribution in [2.75, 3.05) is 13.2 Å². The third kappa shape index (κ3) is 3.47. The lowest BCUT2D eigenvalue weighted by molar-refractivity contribution is 0.214. The molecule has 1 atom stereocenters. The van der Waals surface area contributed by atoms with Gasteiger partial charge in [-0.3, -0.25) is 0 Å². The van der Waals surface area contributed by atoms with Crippen molar-refractivity contribution in [2.24, 2.45) is 5.41 Å². The monoisotopic (exact) mass is 262 g/mol. The van der Waals surface area contributed by atoms with Crippen LogP contribution in [-0.2, 0) is 12.8 Å². The van der Waals surface area contributed by atoms with E-state index in [-0.39, 0.29) is 24.1 Å². The van der Waals surface area contributed by atoms with Crippen LogP contribution in [0.2, 0.25) is 0 Å². The molecule has 4 nitrogen and oxygen atoms in total. The van der Waals surface area contributed by atoms with Crippen molar-refractivity contribution >= 4 is 6.03 Å². The van der Waals surface area contributed by atoms with E-state index >= 15 is 0 Å². The molecule has 0 heterocycles. The number of hydrogen-bond acceptors (Lipinski definition) is 2. The van der Waals surface area contributed by atoms with Gasteiger partial charge in [0, 0.05) is 6.54 Å². The Labute approximate surface area is 114 Å². The summed E-state index contributed by atoms with van der Waals surface area (Å²) in [5.41, 5.74) is 2.86. The highest BCUT2D eigenvalue weighted by Crippen LogP contribution is 2.35. The Morgan fingerprint density at radius 1 is 1.37 bits per heavy atom. The second-order valence-electron chi connectivity index (χ2n) is 5.84. The van der Waals surface area contributed by atoms with Crippen LogP contribution in [0.3, 0.4) is 0 Å². The standard InChI is InChI=1S/C15H22N2O2/c1-11(9-18)17-14(19)16-10-15(2)7-12-5-3-4-6-13(12)8-15/h3-6,11,18H,7-10H2,1-2H3,(H2,16,17,19)/t11-/m0/s1. The Morgan fingerprint density at radius 3 is 2.47 bits per heavy atom. The summed E-state index contributed by atoms with van der Waals surface area (Å²) in [6.45, 7) is 4.57. The molecule has 4 heteroatoms. The van der Waals surface area contributed by atoms with E-state index in [1.807, 2.05) is 0 Å². The lowest BCUT2D eigenvalue weighted by atomic mass is 9.87. The normalized spacial score (nSPS) is 17.6. The minimum absolute atomic E-state index is 0.0455. The van der Waals surface area contributed by atoms with Gasteiger partial charge in [0.05, 0.1) is 12.6 Å². The van der Waals surface area contributed by atoms with Crippen LogP contribution in [-0.4, -0.2) is 30.3 Å². The third-order valence-electron chi connectivity index (χ3n) is 3.68. The highest BCUT2D eigenvalue weighted by Gasteiger charge is 2.32. The molecule has 2 rings (SSSR count). The van der Waals surface area contributed by atoms with Crippen LogP contribution in [0.4, 0.5) is 4.79 Å². The molecule has 1 aromatic rings. The van der Waals surface area contributed by atoms with E-state index in [1.165, 1.54) is 11.1 Å². The molecule has 1 aliphatic rings. The smallest absolute Gasteiger partial charge is 0.315 e. The number of rotatable bonds is 4. The number of fused-ring (bicyclic) bond motifs is 1. The Hall–Kier alpha value is -1.55. The molecule has 3 N–H and O–H groups in total. The van der Waals surface area contributed by atoms with E-state index < -0.39 is 0 Å². The Morgan fingerprint density at radius 2 is 1.95 bits per heavy atom. The van der Waals surface area contributed by atoms with Gasteiger partial charge in [-0.25, -0.2) is 4.79 Å². The molecular weight excluding hydrogens is 240 g/mol. The highest BCUT2D eigenvalue weighted by atomic mass is 16.3. The zero-order valence-electron chi connectivity index (χ0n) is 11.6. The fourth-order valence-corrected chi connectivity index (χ4v) is 2.62. The predicted octanol–water partition coefficient (Wildman–Crippen LogP) is 1.47. The van der Waals surface area contributed by atoms with Crippen molar-refractivity contribution in [2.45, 2.75) is 32.7 Å². The van der Waals surface area contributed by atoms with E-state index in [2.05, 4.69) is 41.8 Å². The first-order valence-corrected chi connectivity index (χ1v) is 6.74. The number of carbonyl (C=O) groups is 1. The van der Waals surface area contributed by atoms with Gasteiger partial charge in [0.1, 0.15) is 0 Å². The van der Waals surface area contributed by atoms with Crippen molar-refractivity contribution in [3.63, 3.8) is 0 Å². The van der Waals surface area contributed by atoms with Gasteiger partial charge < -0.3 is 15.7 Å². The quantitative estimate of drug-likeness (QED) is 0.769. The van der Waals surface area contributed by atoms with Gasteiger partial charge in [0.15, 0.2) is 0 Å². The number of carbonyl (C=O) groups excluding carboxylic acids is 1. The number of nitrogens with one attached hydrogen (secondary N) is 2. The number of aliphatic hydroxyl groups is 1. The van der Waals surface area contributed by atoms with Crippen LogP contribution >= 0.6 is 0 Å². The summed E-state index contributed by atoms with van der Waals surface area (Å²) in [5, 5.41) is 14.5. The number of hydrogen-bond donors (Lipinski definition) is 3. The molecule has 0 bridgehead atoms. The maximum atomic E-state index is 11.7. The minimum atomic E-state index is -0.214. The van der Waals surface area contributed by atoms with Crippen LogP contribution in [0.15, 0.2) is 24.3 Å². The van der Waals surface area contributed by atoms with Crippen LogP contribution in [0, 0.1) is 5.41 Å². The summed E-state index contributed by atoms with van der Waals surface area (Å²) in [5.74, 6) is 0. The molecule has 0 fully saturated rings. The molecule has 0 saturated carbocycles. The first kappa shape index (κ1) is 13.9. The highest BCUT2D eigenvalue weighted by molar-refractivity contribution is 5.74. The maximum Gasteiger partial charge on any atom is 0.315 e. The zero-order valence-corrected chi connectivity index (χ0v) is 11.6. The van der Waals surface area contributed by atoms with Crippen LogP contribution < -0.4 is 10.6 Å². The lowest BCUT2D eigenvalue weighted by Gasteiger charge is -2.24. The fourth-order valence-electron chi connectivity index (χ4n) is 2.62. The van der Waals surface area contributed by atoms with Crippen molar-refractivity contribution in [3.05, 3.63) is 35.4 Å².